The zero-order chi connectivity index (χ0) is 11.4. The van der Waals surface area contributed by atoms with Gasteiger partial charge in [-0.15, -0.1) is 0 Å². The van der Waals surface area contributed by atoms with Crippen LogP contribution in [0.2, 0.25) is 0 Å². The van der Waals surface area contributed by atoms with Gasteiger partial charge in [-0.25, -0.2) is 4.58 Å². The molecule has 1 heterocycles. The van der Waals surface area contributed by atoms with Crippen molar-refractivity contribution in [3.8, 4) is 0 Å². The van der Waals surface area contributed by atoms with Gasteiger partial charge in [0.05, 0.1) is 0 Å². The van der Waals surface area contributed by atoms with Crippen LogP contribution in [0.15, 0.2) is 10.3 Å². The summed E-state index contributed by atoms with van der Waals surface area (Å²) >= 11 is 0. The van der Waals surface area contributed by atoms with Crippen molar-refractivity contribution in [2.75, 3.05) is 26.3 Å². The number of rotatable bonds is 0. The van der Waals surface area contributed by atoms with Gasteiger partial charge in [-0.05, 0) is 6.42 Å². The zero-order valence-electron chi connectivity index (χ0n) is 9.09. The Kier molecular flexibility index (Phi) is 3.51. The highest BCUT2D eigenvalue weighted by Gasteiger charge is 2.32. The van der Waals surface area contributed by atoms with Gasteiger partial charge in [0.15, 0.2) is 24.5 Å². The number of hydrogen-bond donors (Lipinski definition) is 2. The predicted molar refractivity (Wildman–Crippen MR) is 58.1 cm³/mol. The normalized spacial score (nSPS) is 27.8. The summed E-state index contributed by atoms with van der Waals surface area (Å²) in [6.07, 6.45) is 2.30. The number of nitrogens with zero attached hydrogens (tertiary/aromatic N) is 3. The minimum Gasteiger partial charge on any atom is -0.410 e. The SMILES string of the molecule is ON=C1CCCC(=NO)C1=[N+]1CCOCC1. The Hall–Kier alpha value is -1.43. The maximum Gasteiger partial charge on any atom is 0.250 e. The van der Waals surface area contributed by atoms with Crippen LogP contribution >= 0.6 is 0 Å². The molecule has 6 heteroatoms. The topological polar surface area (TPSA) is 77.4 Å². The highest BCUT2D eigenvalue weighted by Crippen LogP contribution is 2.12. The molecule has 2 N–H and O–H groups in total. The van der Waals surface area contributed by atoms with Gasteiger partial charge in [0.1, 0.15) is 13.2 Å². The summed E-state index contributed by atoms with van der Waals surface area (Å²) in [7, 11) is 0. The summed E-state index contributed by atoms with van der Waals surface area (Å²) in [5.74, 6) is 0. The number of morpholine rings is 1. The number of ether oxygens (including phenoxy) is 1. The summed E-state index contributed by atoms with van der Waals surface area (Å²) in [6.45, 7) is 2.79. The van der Waals surface area contributed by atoms with E-state index in [-0.39, 0.29) is 0 Å². The van der Waals surface area contributed by atoms with E-state index in [1.807, 2.05) is 0 Å². The molecule has 0 amide bonds. The van der Waals surface area contributed by atoms with Gasteiger partial charge >= 0.3 is 0 Å². The largest absolute Gasteiger partial charge is 0.410 e. The monoisotopic (exact) mass is 226 g/mol. The lowest BCUT2D eigenvalue weighted by Gasteiger charge is -2.18. The van der Waals surface area contributed by atoms with E-state index in [1.54, 1.807) is 0 Å². The molecule has 0 aromatic rings. The van der Waals surface area contributed by atoms with E-state index in [9.17, 15) is 0 Å². The smallest absolute Gasteiger partial charge is 0.250 e. The summed E-state index contributed by atoms with van der Waals surface area (Å²) in [5, 5.41) is 24.6. The van der Waals surface area contributed by atoms with Crippen molar-refractivity contribution in [2.45, 2.75) is 19.3 Å². The lowest BCUT2D eigenvalue weighted by Crippen LogP contribution is -2.42. The average Bonchev–Trinajstić information content (AvgIpc) is 2.38. The number of oxime groups is 2. The van der Waals surface area contributed by atoms with E-state index in [0.29, 0.717) is 24.6 Å². The third-order valence-electron chi connectivity index (χ3n) is 2.94. The van der Waals surface area contributed by atoms with Crippen molar-refractivity contribution in [2.24, 2.45) is 10.3 Å². The molecule has 0 atom stereocenters. The van der Waals surface area contributed by atoms with Gasteiger partial charge in [-0.3, -0.25) is 0 Å². The molecule has 16 heavy (non-hydrogen) atoms. The molecule has 0 bridgehead atoms. The molecule has 0 aromatic heterocycles. The Morgan fingerprint density at radius 2 is 1.56 bits per heavy atom. The maximum absolute atomic E-state index is 8.98. The first-order valence-electron chi connectivity index (χ1n) is 5.49. The summed E-state index contributed by atoms with van der Waals surface area (Å²) in [5.41, 5.74) is 2.00. The molecule has 1 saturated carbocycles. The average molecular weight is 226 g/mol. The molecule has 1 saturated heterocycles. The van der Waals surface area contributed by atoms with Crippen molar-refractivity contribution >= 4 is 17.1 Å². The van der Waals surface area contributed by atoms with Crippen LogP contribution in [-0.2, 0) is 4.74 Å². The van der Waals surface area contributed by atoms with E-state index < -0.39 is 0 Å². The van der Waals surface area contributed by atoms with Crippen molar-refractivity contribution in [1.82, 2.24) is 0 Å². The Morgan fingerprint density at radius 3 is 2.06 bits per heavy atom. The van der Waals surface area contributed by atoms with E-state index in [2.05, 4.69) is 14.9 Å². The minimum atomic E-state index is 0.612. The highest BCUT2D eigenvalue weighted by atomic mass is 16.5. The molecule has 0 unspecified atom stereocenters. The second-order valence-electron chi connectivity index (χ2n) is 3.89. The number of hydrogen-bond acceptors (Lipinski definition) is 5. The molecule has 6 nitrogen and oxygen atoms in total. The van der Waals surface area contributed by atoms with Gasteiger partial charge in [0.2, 0.25) is 5.71 Å². The summed E-state index contributed by atoms with van der Waals surface area (Å²) < 4.78 is 7.33. The van der Waals surface area contributed by atoms with Crippen LogP contribution in [0.3, 0.4) is 0 Å². The van der Waals surface area contributed by atoms with Gasteiger partial charge < -0.3 is 15.2 Å². The van der Waals surface area contributed by atoms with Crippen LogP contribution in [-0.4, -0.2) is 58.4 Å². The standard InChI is InChI=1S/C10H15N3O3/c14-11-8-2-1-3-9(12-15)10(8)13-4-6-16-7-5-13/h1-7H2,(H,14,15)/p+1. The Labute approximate surface area is 93.5 Å². The molecule has 2 rings (SSSR count). The molecule has 1 aliphatic carbocycles. The maximum atomic E-state index is 8.98. The third kappa shape index (κ3) is 2.06. The van der Waals surface area contributed by atoms with Crippen molar-refractivity contribution in [3.63, 3.8) is 0 Å². The molecule has 2 fully saturated rings. The first-order valence-corrected chi connectivity index (χ1v) is 5.49. The molecule has 88 valence electrons. The van der Waals surface area contributed by atoms with Gasteiger partial charge in [-0.1, -0.05) is 10.3 Å². The Bertz CT molecular complexity index is 330. The lowest BCUT2D eigenvalue weighted by molar-refractivity contribution is -0.546. The van der Waals surface area contributed by atoms with Crippen LogP contribution in [0.1, 0.15) is 19.3 Å². The molecule has 0 aromatic carbocycles. The molecular weight excluding hydrogens is 210 g/mol. The first kappa shape index (κ1) is 11.1. The van der Waals surface area contributed by atoms with E-state index in [1.165, 1.54) is 0 Å². The quantitative estimate of drug-likeness (QED) is 0.354. The van der Waals surface area contributed by atoms with Crippen LogP contribution in [0.4, 0.5) is 0 Å². The highest BCUT2D eigenvalue weighted by molar-refractivity contribution is 6.67. The van der Waals surface area contributed by atoms with Crippen LogP contribution < -0.4 is 0 Å². The van der Waals surface area contributed by atoms with Crippen molar-refractivity contribution < 1.29 is 19.7 Å². The fourth-order valence-electron chi connectivity index (χ4n) is 2.17. The van der Waals surface area contributed by atoms with Crippen LogP contribution in [0.5, 0.6) is 0 Å². The first-order chi connectivity index (χ1) is 7.86. The van der Waals surface area contributed by atoms with Crippen LogP contribution in [0, 0.1) is 0 Å². The molecule has 0 radical (unpaired) electrons. The second kappa shape index (κ2) is 5.07. The van der Waals surface area contributed by atoms with Gasteiger partial charge in [-0.2, -0.15) is 0 Å². The Balaban J connectivity index is 2.37. The van der Waals surface area contributed by atoms with E-state index >= 15 is 0 Å². The predicted octanol–water partition coefficient (Wildman–Crippen LogP) is 0.314. The molecule has 1 aliphatic heterocycles. The van der Waals surface area contributed by atoms with Gasteiger partial charge in [0, 0.05) is 12.8 Å². The second-order valence-corrected chi connectivity index (χ2v) is 3.89. The van der Waals surface area contributed by atoms with E-state index in [4.69, 9.17) is 15.2 Å². The van der Waals surface area contributed by atoms with Crippen molar-refractivity contribution in [3.05, 3.63) is 0 Å². The lowest BCUT2D eigenvalue weighted by atomic mass is 9.93. The Morgan fingerprint density at radius 1 is 1.00 bits per heavy atom. The van der Waals surface area contributed by atoms with Crippen molar-refractivity contribution in [1.29, 1.82) is 0 Å². The third-order valence-corrected chi connectivity index (χ3v) is 2.94. The molecule has 2 aliphatic rings. The molecule has 0 spiro atoms. The van der Waals surface area contributed by atoms with Gasteiger partial charge in [0.25, 0.3) is 0 Å². The summed E-state index contributed by atoms with van der Waals surface area (Å²) in [6, 6.07) is 0. The van der Waals surface area contributed by atoms with E-state index in [0.717, 1.165) is 38.1 Å². The fraction of sp³-hybridized carbons (Fsp3) is 0.700. The summed E-state index contributed by atoms with van der Waals surface area (Å²) in [4.78, 5) is 0. The molecular formula is C10H16N3O3+. The zero-order valence-corrected chi connectivity index (χ0v) is 9.09. The minimum absolute atomic E-state index is 0.612. The fourth-order valence-corrected chi connectivity index (χ4v) is 2.17. The van der Waals surface area contributed by atoms with Crippen LogP contribution in [0.25, 0.3) is 0 Å².